The Labute approximate surface area is 144 Å². The smallest absolute Gasteiger partial charge is 0.257 e. The summed E-state index contributed by atoms with van der Waals surface area (Å²) in [6.45, 7) is 5.68. The van der Waals surface area contributed by atoms with E-state index in [-0.39, 0.29) is 11.3 Å². The van der Waals surface area contributed by atoms with Gasteiger partial charge in [-0.1, -0.05) is 6.92 Å². The topological polar surface area (TPSA) is 63.4 Å². The van der Waals surface area contributed by atoms with E-state index in [1.54, 1.807) is 23.7 Å². The quantitative estimate of drug-likeness (QED) is 0.719. The summed E-state index contributed by atoms with van der Waals surface area (Å²) in [5.41, 5.74) is 1.52. The van der Waals surface area contributed by atoms with Crippen molar-refractivity contribution in [3.8, 4) is 0 Å². The molecule has 3 aromatic rings. The average Bonchev–Trinajstić information content (AvgIpc) is 3.19. The lowest BCUT2D eigenvalue weighted by Gasteiger charge is -2.39. The summed E-state index contributed by atoms with van der Waals surface area (Å²) in [6, 6.07) is 0. The van der Waals surface area contributed by atoms with Crippen LogP contribution in [0.15, 0.2) is 30.3 Å². The molecule has 0 radical (unpaired) electrons. The summed E-state index contributed by atoms with van der Waals surface area (Å²) in [5, 5.41) is 2.09. The van der Waals surface area contributed by atoms with E-state index in [0.717, 1.165) is 30.9 Å². The van der Waals surface area contributed by atoms with Crippen LogP contribution in [0.2, 0.25) is 0 Å². The molecule has 3 aromatic heterocycles. The van der Waals surface area contributed by atoms with Crippen molar-refractivity contribution in [2.24, 2.45) is 0 Å². The minimum atomic E-state index is -0.131. The van der Waals surface area contributed by atoms with Crippen molar-refractivity contribution in [3.63, 3.8) is 0 Å². The fourth-order valence-corrected chi connectivity index (χ4v) is 4.58. The number of piperidine rings is 1. The van der Waals surface area contributed by atoms with Crippen LogP contribution in [0.25, 0.3) is 4.83 Å². The van der Waals surface area contributed by atoms with Crippen molar-refractivity contribution >= 4 is 22.1 Å². The van der Waals surface area contributed by atoms with Crippen LogP contribution in [0.1, 0.15) is 41.6 Å². The van der Waals surface area contributed by atoms with E-state index in [2.05, 4.69) is 32.9 Å². The molecule has 1 aliphatic heterocycles. The third kappa shape index (κ3) is 2.39. The van der Waals surface area contributed by atoms with E-state index in [4.69, 9.17) is 4.98 Å². The highest BCUT2D eigenvalue weighted by Gasteiger charge is 2.38. The first kappa shape index (κ1) is 15.3. The summed E-state index contributed by atoms with van der Waals surface area (Å²) >= 11 is 1.71. The summed E-state index contributed by atoms with van der Waals surface area (Å²) in [4.78, 5) is 28.6. The molecule has 4 heterocycles. The Morgan fingerprint density at radius 1 is 1.33 bits per heavy atom. The van der Waals surface area contributed by atoms with Crippen molar-refractivity contribution in [1.82, 2.24) is 24.3 Å². The van der Waals surface area contributed by atoms with Crippen molar-refractivity contribution < 1.29 is 4.79 Å². The molecule has 0 aliphatic carbocycles. The monoisotopic (exact) mass is 341 g/mol. The van der Waals surface area contributed by atoms with Crippen LogP contribution in [0.3, 0.4) is 0 Å². The minimum absolute atomic E-state index is 0.000111. The first-order chi connectivity index (χ1) is 11.6. The van der Waals surface area contributed by atoms with Gasteiger partial charge in [-0.2, -0.15) is 0 Å². The van der Waals surface area contributed by atoms with Gasteiger partial charge in [0.2, 0.25) is 0 Å². The molecule has 1 fully saturated rings. The third-order valence-corrected chi connectivity index (χ3v) is 5.67. The second-order valence-electron chi connectivity index (χ2n) is 6.60. The molecule has 7 heteroatoms. The molecule has 1 atom stereocenters. The van der Waals surface area contributed by atoms with E-state index in [1.807, 2.05) is 11.8 Å². The van der Waals surface area contributed by atoms with Crippen LogP contribution in [0.5, 0.6) is 0 Å². The van der Waals surface area contributed by atoms with E-state index < -0.39 is 0 Å². The van der Waals surface area contributed by atoms with Crippen LogP contribution in [0.4, 0.5) is 0 Å². The Balaban J connectivity index is 1.66. The molecule has 0 spiro atoms. The van der Waals surface area contributed by atoms with Gasteiger partial charge in [-0.05, 0) is 19.8 Å². The molecule has 1 unspecified atom stereocenters. The fraction of sp³-hybridized carbons (Fsp3) is 0.412. The normalized spacial score (nSPS) is 21.3. The maximum atomic E-state index is 12.8. The molecule has 1 aliphatic rings. The van der Waals surface area contributed by atoms with E-state index in [0.29, 0.717) is 12.1 Å². The van der Waals surface area contributed by atoms with Gasteiger partial charge >= 0.3 is 0 Å². The Bertz CT molecular complexity index is 887. The highest BCUT2D eigenvalue weighted by Crippen LogP contribution is 2.37. The van der Waals surface area contributed by atoms with Crippen molar-refractivity contribution in [1.29, 1.82) is 0 Å². The van der Waals surface area contributed by atoms with E-state index >= 15 is 0 Å². The van der Waals surface area contributed by atoms with Crippen molar-refractivity contribution in [2.75, 3.05) is 13.1 Å². The SMILES string of the molecule is Cc1nc(C2(C)CCCN(C(=O)c3cncnc3)C2)c2sccn12. The molecular weight excluding hydrogens is 322 g/mol. The summed E-state index contributed by atoms with van der Waals surface area (Å²) in [5.74, 6) is 1.00. The number of carbonyl (C=O) groups excluding carboxylic acids is 1. The Kier molecular flexibility index (Phi) is 3.60. The minimum Gasteiger partial charge on any atom is -0.338 e. The number of hydrogen-bond donors (Lipinski definition) is 0. The molecule has 0 N–H and O–H groups in total. The van der Waals surface area contributed by atoms with Gasteiger partial charge < -0.3 is 4.90 Å². The number of amides is 1. The molecule has 124 valence electrons. The molecule has 0 saturated carbocycles. The fourth-order valence-electron chi connectivity index (χ4n) is 3.56. The first-order valence-corrected chi connectivity index (χ1v) is 8.93. The number of nitrogens with zero attached hydrogens (tertiary/aromatic N) is 5. The van der Waals surface area contributed by atoms with Gasteiger partial charge in [0.15, 0.2) is 0 Å². The van der Waals surface area contributed by atoms with Gasteiger partial charge in [0.05, 0.1) is 11.3 Å². The second-order valence-corrected chi connectivity index (χ2v) is 7.50. The van der Waals surface area contributed by atoms with Crippen molar-refractivity contribution in [2.45, 2.75) is 32.1 Å². The summed E-state index contributed by atoms with van der Waals surface area (Å²) in [6.07, 6.45) is 8.67. The van der Waals surface area contributed by atoms with Gasteiger partial charge in [-0.3, -0.25) is 9.20 Å². The van der Waals surface area contributed by atoms with Gasteiger partial charge in [0.25, 0.3) is 5.91 Å². The zero-order valence-corrected chi connectivity index (χ0v) is 14.6. The molecule has 24 heavy (non-hydrogen) atoms. The van der Waals surface area contributed by atoms with Gasteiger partial charge in [-0.15, -0.1) is 11.3 Å². The number of likely N-dealkylation sites (tertiary alicyclic amines) is 1. The molecule has 0 aromatic carbocycles. The lowest BCUT2D eigenvalue weighted by Crippen LogP contribution is -2.47. The molecular formula is C17H19N5OS. The van der Waals surface area contributed by atoms with E-state index in [9.17, 15) is 4.79 Å². The Morgan fingerprint density at radius 2 is 2.12 bits per heavy atom. The maximum absolute atomic E-state index is 12.8. The number of fused-ring (bicyclic) bond motifs is 1. The van der Waals surface area contributed by atoms with E-state index in [1.165, 1.54) is 11.2 Å². The number of carbonyl (C=O) groups is 1. The molecule has 6 nitrogen and oxygen atoms in total. The first-order valence-electron chi connectivity index (χ1n) is 8.05. The van der Waals surface area contributed by atoms with Crippen LogP contribution in [-0.4, -0.2) is 43.2 Å². The lowest BCUT2D eigenvalue weighted by molar-refractivity contribution is 0.0648. The Hall–Kier alpha value is -2.28. The van der Waals surface area contributed by atoms with Crippen LogP contribution < -0.4 is 0 Å². The largest absolute Gasteiger partial charge is 0.338 e. The van der Waals surface area contributed by atoms with Crippen molar-refractivity contribution in [3.05, 3.63) is 47.4 Å². The molecule has 1 saturated heterocycles. The summed E-state index contributed by atoms with van der Waals surface area (Å²) in [7, 11) is 0. The number of imidazole rings is 1. The third-order valence-electron chi connectivity index (χ3n) is 4.80. The lowest BCUT2D eigenvalue weighted by atomic mass is 9.79. The predicted molar refractivity (Wildman–Crippen MR) is 92.3 cm³/mol. The highest BCUT2D eigenvalue weighted by atomic mass is 32.1. The van der Waals surface area contributed by atoms with Crippen LogP contribution in [0, 0.1) is 6.92 Å². The van der Waals surface area contributed by atoms with Gasteiger partial charge in [0, 0.05) is 42.5 Å². The average molecular weight is 341 g/mol. The van der Waals surface area contributed by atoms with Crippen LogP contribution >= 0.6 is 11.3 Å². The van der Waals surface area contributed by atoms with Crippen LogP contribution in [-0.2, 0) is 5.41 Å². The number of thiazole rings is 1. The molecule has 0 bridgehead atoms. The number of hydrogen-bond acceptors (Lipinski definition) is 5. The number of aromatic nitrogens is 4. The maximum Gasteiger partial charge on any atom is 0.257 e. The molecule has 4 rings (SSSR count). The summed E-state index contributed by atoms with van der Waals surface area (Å²) < 4.78 is 2.14. The number of aryl methyl sites for hydroxylation is 1. The van der Waals surface area contributed by atoms with Gasteiger partial charge in [0.1, 0.15) is 17.0 Å². The zero-order valence-electron chi connectivity index (χ0n) is 13.8. The zero-order chi connectivity index (χ0) is 16.7. The second kappa shape index (κ2) is 5.66. The van der Waals surface area contributed by atoms with Gasteiger partial charge in [-0.25, -0.2) is 15.0 Å². The standard InChI is InChI=1S/C17H19N5OS/c1-12-20-14(16-22(12)6-7-24-16)17(2)4-3-5-21(10-17)15(23)13-8-18-11-19-9-13/h6-9,11H,3-5,10H2,1-2H3. The number of rotatable bonds is 2. The Morgan fingerprint density at radius 3 is 2.92 bits per heavy atom. The predicted octanol–water partition coefficient (Wildman–Crippen LogP) is 2.69. The molecule has 1 amide bonds. The highest BCUT2D eigenvalue weighted by molar-refractivity contribution is 7.15.